The molecule has 0 N–H and O–H groups in total. The van der Waals surface area contributed by atoms with Gasteiger partial charge < -0.3 is 18.8 Å². The van der Waals surface area contributed by atoms with Crippen molar-refractivity contribution in [3.05, 3.63) is 0 Å². The molecule has 0 aliphatic heterocycles. The molecule has 0 rings (SSSR count). The topological polar surface area (TPSA) is 0 Å². The van der Waals surface area contributed by atoms with E-state index in [0.29, 0.717) is 0 Å². The third kappa shape index (κ3) is 246. The molecule has 0 aromatic heterocycles. The Hall–Kier alpha value is 32.6. The van der Waals surface area contributed by atoms with Crippen LogP contribution in [0.4, 0.5) is 0 Å². The zero-order valence-electron chi connectivity index (χ0n) is 18.5. The van der Waals surface area contributed by atoms with Crippen LogP contribution < -0.4 is 18.8 Å². The maximum atomic E-state index is 0. The van der Waals surface area contributed by atoms with E-state index in [-0.39, 0.29) is 1040 Å². The maximum Gasteiger partial charge on any atom is 0 e. The Kier molecular flexibility index (Phi) is 2040. The van der Waals surface area contributed by atoms with Gasteiger partial charge in [0.15, 0.2) is 0 Å². The van der Waals surface area contributed by atoms with Crippen molar-refractivity contribution in [1.82, 2.24) is 0 Å². The van der Waals surface area contributed by atoms with E-state index in [4.69, 9.17) is 0 Å². The largest absolute Gasteiger partial charge is 1.00 e. The molecule has 0 aliphatic carbocycles. The Balaban J connectivity index is 0. The molecule has 0 nitrogen and oxygen atoms in total. The summed E-state index contributed by atoms with van der Waals surface area (Å²) in [6.07, 6.45) is 0. The molecule has 164 valence electrons. The molecule has 34 heavy (non-hydrogen) atoms. The molecule has 0 aromatic carbocycles. The van der Waals surface area contributed by atoms with E-state index >= 15 is 0 Å². The third-order valence-electron chi connectivity index (χ3n) is 0. The van der Waals surface area contributed by atoms with Gasteiger partial charge in [0.1, 0.15) is 0 Å². The van der Waals surface area contributed by atoms with Crippen molar-refractivity contribution in [3.63, 3.8) is 0 Å². The van der Waals surface area contributed by atoms with Gasteiger partial charge in [0.05, 0.1) is 0 Å². The summed E-state index contributed by atoms with van der Waals surface area (Å²) in [5, 5.41) is 0. The summed E-state index contributed by atoms with van der Waals surface area (Å²) < 4.78 is 0. The molecule has 0 spiro atoms. The number of halogens is 4. The van der Waals surface area contributed by atoms with E-state index in [1.165, 1.54) is 0 Å². The van der Waals surface area contributed by atoms with Crippen LogP contribution in [0.15, 0.2) is 0 Å². The van der Waals surface area contributed by atoms with Gasteiger partial charge in [-0.05, 0) is 0 Å². The molecule has 0 amide bonds. The van der Waals surface area contributed by atoms with E-state index in [2.05, 4.69) is 0 Å². The van der Waals surface area contributed by atoms with Gasteiger partial charge in [0.25, 0.3) is 0 Å². The first-order chi connectivity index (χ1) is 0. The Morgan fingerprint density at radius 2 is 0.0882 bits per heavy atom. The van der Waals surface area contributed by atoms with Gasteiger partial charge in [0, 0.05) is 1020 Å². The summed E-state index contributed by atoms with van der Waals surface area (Å²) in [5.74, 6) is 0. The summed E-state index contributed by atoms with van der Waals surface area (Å²) in [7, 11) is 0. The van der Waals surface area contributed by atoms with Crippen LogP contribution in [0.25, 0.3) is 0 Å². The first kappa shape index (κ1) is 270. The number of hydrogen-bond donors (Lipinski definition) is 0. The molecule has 0 unspecified atom stereocenters. The molecular weight excluding hydrogens is 2320 g/mol. The van der Waals surface area contributed by atoms with Gasteiger partial charge in [-0.25, -0.2) is 0 Å². The first-order valence-electron chi connectivity index (χ1n) is 0. The van der Waals surface area contributed by atoms with Crippen molar-refractivity contribution in [2.45, 2.75) is 0 Å². The SMILES string of the molecule is [F-].[F-].[F-].[F-].[Fe].[Fe].[Fe].[Fe].[Fe].[Fe].[Fe].[Fe].[Fe].[Fe].[Fe].[Fe].[Sr].[Sr].[Sr].[Sr].[Sr].[Sr].[Sr].[Sr].[Sr].[Sr].[Sr].[Sr].[Sr].[Sr].[Sr].[Sr].[Sr].[Sr]. The standard InChI is InChI=1S/4FH.12Fe.18Sr/h4*1H;;;;;;;;;;;;;;;;;;;;;;;;;;;;;;/p-4. The predicted molar refractivity (Wildman–Crippen MR) is 104 cm³/mol. The Morgan fingerprint density at radius 1 is 0.0882 bits per heavy atom. The summed E-state index contributed by atoms with van der Waals surface area (Å²) in [4.78, 5) is 0. The van der Waals surface area contributed by atoms with Gasteiger partial charge in [-0.15, -0.1) is 0 Å². The van der Waals surface area contributed by atoms with Crippen LogP contribution >= 0.6 is 0 Å². The molecular formula is F4Fe12Sr18-4. The zero-order chi connectivity index (χ0) is 0. The third-order valence-corrected chi connectivity index (χ3v) is 0. The molecule has 36 radical (unpaired) electrons. The fraction of sp³-hybridized carbons (Fsp3) is 0. The molecule has 0 bridgehead atoms. The van der Waals surface area contributed by atoms with Gasteiger partial charge in [-0.3, -0.25) is 0 Å². The van der Waals surface area contributed by atoms with Crippen molar-refractivity contribution in [2.75, 3.05) is 0 Å². The summed E-state index contributed by atoms with van der Waals surface area (Å²) >= 11 is 0. The quantitative estimate of drug-likeness (QED) is 0.168. The average Bonchev–Trinajstić information content (AvgIpc) is 0. The Labute approximate surface area is 1000 Å². The second-order valence-corrected chi connectivity index (χ2v) is 0. The molecule has 0 aromatic rings. The maximum absolute atomic E-state index is 0. The van der Waals surface area contributed by atoms with Crippen LogP contribution in [-0.2, 0) is 205 Å². The predicted octanol–water partition coefficient (Wildman–Crippen LogP) is -18.9. The molecule has 34 heteroatoms. The van der Waals surface area contributed by atoms with E-state index in [9.17, 15) is 0 Å². The van der Waals surface area contributed by atoms with Crippen LogP contribution in [-0.4, -0.2) is 819 Å². The number of hydrogen-bond acceptors (Lipinski definition) is 0. The second kappa shape index (κ2) is 258. The Bertz CT molecular complexity index is 46.9. The second-order valence-electron chi connectivity index (χ2n) is 0. The molecule has 0 heterocycles. The normalized spacial score (nSPS) is 0. The van der Waals surface area contributed by atoms with E-state index in [0.717, 1.165) is 0 Å². The van der Waals surface area contributed by atoms with Crippen molar-refractivity contribution in [2.24, 2.45) is 0 Å². The van der Waals surface area contributed by atoms with E-state index < -0.39 is 0 Å². The van der Waals surface area contributed by atoms with Crippen molar-refractivity contribution >= 4 is 819 Å². The van der Waals surface area contributed by atoms with Crippen molar-refractivity contribution in [1.29, 1.82) is 0 Å². The monoisotopic (exact) mass is 2330 g/mol. The minimum absolute atomic E-state index is 0. The molecule has 0 saturated heterocycles. The average molecular weight is 2320 g/mol. The fourth-order valence-electron chi connectivity index (χ4n) is 0. The van der Waals surface area contributed by atoms with E-state index in [1.54, 1.807) is 0 Å². The molecule has 0 atom stereocenters. The molecule has 0 fully saturated rings. The minimum atomic E-state index is 0. The van der Waals surface area contributed by atoms with Gasteiger partial charge in [-0.1, -0.05) is 0 Å². The zero-order valence-corrected chi connectivity index (χ0v) is 94.3. The summed E-state index contributed by atoms with van der Waals surface area (Å²) in [5.41, 5.74) is 0. The molecule has 0 saturated carbocycles. The Morgan fingerprint density at radius 3 is 0.0882 bits per heavy atom. The van der Waals surface area contributed by atoms with Crippen LogP contribution in [0.1, 0.15) is 0 Å². The van der Waals surface area contributed by atoms with Crippen LogP contribution in [0, 0.1) is 0 Å². The van der Waals surface area contributed by atoms with Crippen LogP contribution in [0.3, 0.4) is 0 Å². The fourth-order valence-corrected chi connectivity index (χ4v) is 0. The molecule has 0 aliphatic rings. The van der Waals surface area contributed by atoms with Crippen molar-refractivity contribution < 1.29 is 224 Å². The van der Waals surface area contributed by atoms with Gasteiger partial charge in [0.2, 0.25) is 0 Å². The minimum Gasteiger partial charge on any atom is -1.00 e. The summed E-state index contributed by atoms with van der Waals surface area (Å²) in [6, 6.07) is 0. The number of rotatable bonds is 0. The van der Waals surface area contributed by atoms with Gasteiger partial charge >= 0.3 is 0 Å². The van der Waals surface area contributed by atoms with E-state index in [1.807, 2.05) is 0 Å². The first-order valence-corrected chi connectivity index (χ1v) is 0. The summed E-state index contributed by atoms with van der Waals surface area (Å²) in [6.45, 7) is 0. The van der Waals surface area contributed by atoms with Gasteiger partial charge in [-0.2, -0.15) is 0 Å². The van der Waals surface area contributed by atoms with Crippen molar-refractivity contribution in [3.8, 4) is 0 Å². The smallest absolute Gasteiger partial charge is 0 e. The van der Waals surface area contributed by atoms with Crippen LogP contribution in [0.5, 0.6) is 0 Å². The van der Waals surface area contributed by atoms with Crippen LogP contribution in [0.2, 0.25) is 0 Å².